The van der Waals surface area contributed by atoms with E-state index in [1.165, 1.54) is 5.56 Å². The van der Waals surface area contributed by atoms with Crippen molar-refractivity contribution in [1.29, 1.82) is 0 Å². The predicted octanol–water partition coefficient (Wildman–Crippen LogP) is 4.80. The van der Waals surface area contributed by atoms with Gasteiger partial charge in [0.1, 0.15) is 0 Å². The number of hydrogen-bond acceptors (Lipinski definition) is 2. The third-order valence-corrected chi connectivity index (χ3v) is 5.54. The zero-order valence-corrected chi connectivity index (χ0v) is 17.9. The minimum absolute atomic E-state index is 0.0261. The van der Waals surface area contributed by atoms with Crippen molar-refractivity contribution in [2.75, 3.05) is 4.90 Å². The van der Waals surface area contributed by atoms with Gasteiger partial charge in [-0.3, -0.25) is 9.59 Å². The standard InChI is InChI=1S/C27H28N2O2/c1-20-7-5-11-23(15-20)18-28-26(30)17-22-10-6-12-25(16-22)29(27(31)24-13-14-24)19-21-8-3-2-4-9-21/h2-12,15-16,24H,13-14,17-19H2,1H3,(H,28,30). The van der Waals surface area contributed by atoms with Crippen molar-refractivity contribution in [3.05, 3.63) is 101 Å². The third kappa shape index (κ3) is 5.82. The van der Waals surface area contributed by atoms with Gasteiger partial charge in [0.05, 0.1) is 13.0 Å². The number of aryl methyl sites for hydroxylation is 1. The lowest BCUT2D eigenvalue weighted by molar-refractivity contribution is -0.121. The first kappa shape index (κ1) is 20.9. The summed E-state index contributed by atoms with van der Waals surface area (Å²) in [5, 5.41) is 2.99. The maximum atomic E-state index is 13.0. The van der Waals surface area contributed by atoms with Crippen LogP contribution in [0.25, 0.3) is 0 Å². The summed E-state index contributed by atoms with van der Waals surface area (Å²) < 4.78 is 0. The van der Waals surface area contributed by atoms with Crippen molar-refractivity contribution >= 4 is 17.5 Å². The van der Waals surface area contributed by atoms with Crippen molar-refractivity contribution in [2.24, 2.45) is 5.92 Å². The molecule has 158 valence electrons. The van der Waals surface area contributed by atoms with Crippen molar-refractivity contribution in [2.45, 2.75) is 39.3 Å². The molecule has 2 amide bonds. The molecule has 3 aromatic rings. The number of benzene rings is 3. The van der Waals surface area contributed by atoms with Crippen molar-refractivity contribution in [3.63, 3.8) is 0 Å². The molecule has 0 atom stereocenters. The van der Waals surface area contributed by atoms with Gasteiger partial charge in [0.25, 0.3) is 0 Å². The van der Waals surface area contributed by atoms with Crippen molar-refractivity contribution in [1.82, 2.24) is 5.32 Å². The average molecular weight is 413 g/mol. The van der Waals surface area contributed by atoms with E-state index < -0.39 is 0 Å². The normalized spacial score (nSPS) is 12.9. The van der Waals surface area contributed by atoms with Gasteiger partial charge in [-0.1, -0.05) is 72.3 Å². The molecule has 4 nitrogen and oxygen atoms in total. The Labute approximate surface area is 183 Å². The highest BCUT2D eigenvalue weighted by Gasteiger charge is 2.34. The lowest BCUT2D eigenvalue weighted by atomic mass is 10.1. The highest BCUT2D eigenvalue weighted by atomic mass is 16.2. The molecule has 0 unspecified atom stereocenters. The molecule has 1 aliphatic rings. The van der Waals surface area contributed by atoms with Crippen LogP contribution in [-0.2, 0) is 29.1 Å². The van der Waals surface area contributed by atoms with Crippen LogP contribution in [0.15, 0.2) is 78.9 Å². The monoisotopic (exact) mass is 412 g/mol. The second-order valence-corrected chi connectivity index (χ2v) is 8.30. The van der Waals surface area contributed by atoms with Crippen LogP contribution in [0.3, 0.4) is 0 Å². The minimum Gasteiger partial charge on any atom is -0.352 e. The summed E-state index contributed by atoms with van der Waals surface area (Å²) in [6, 6.07) is 26.0. The van der Waals surface area contributed by atoms with Gasteiger partial charge in [0.15, 0.2) is 0 Å². The van der Waals surface area contributed by atoms with Gasteiger partial charge in [-0.05, 0) is 48.6 Å². The second kappa shape index (κ2) is 9.61. The number of nitrogens with one attached hydrogen (secondary N) is 1. The molecule has 0 heterocycles. The molecule has 31 heavy (non-hydrogen) atoms. The van der Waals surface area contributed by atoms with E-state index in [4.69, 9.17) is 0 Å². The van der Waals surface area contributed by atoms with Gasteiger partial charge < -0.3 is 10.2 Å². The van der Waals surface area contributed by atoms with Gasteiger partial charge in [-0.25, -0.2) is 0 Å². The maximum absolute atomic E-state index is 13.0. The van der Waals surface area contributed by atoms with E-state index in [2.05, 4.69) is 11.4 Å². The number of nitrogens with zero attached hydrogens (tertiary/aromatic N) is 1. The van der Waals surface area contributed by atoms with E-state index in [0.717, 1.165) is 35.2 Å². The Kier molecular flexibility index (Phi) is 6.46. The van der Waals surface area contributed by atoms with Gasteiger partial charge in [0, 0.05) is 18.2 Å². The number of anilines is 1. The van der Waals surface area contributed by atoms with Crippen LogP contribution in [0.5, 0.6) is 0 Å². The van der Waals surface area contributed by atoms with E-state index >= 15 is 0 Å². The molecule has 0 bridgehead atoms. The lowest BCUT2D eigenvalue weighted by Crippen LogP contribution is -2.32. The molecule has 1 saturated carbocycles. The van der Waals surface area contributed by atoms with Crippen molar-refractivity contribution in [3.8, 4) is 0 Å². The summed E-state index contributed by atoms with van der Waals surface area (Å²) in [5.41, 5.74) is 5.12. The minimum atomic E-state index is -0.0261. The largest absolute Gasteiger partial charge is 0.352 e. The highest BCUT2D eigenvalue weighted by Crippen LogP contribution is 2.33. The molecular weight excluding hydrogens is 384 g/mol. The first-order valence-electron chi connectivity index (χ1n) is 10.8. The smallest absolute Gasteiger partial charge is 0.230 e. The molecule has 1 N–H and O–H groups in total. The summed E-state index contributed by atoms with van der Waals surface area (Å²) in [7, 11) is 0. The maximum Gasteiger partial charge on any atom is 0.230 e. The van der Waals surface area contributed by atoms with E-state index in [-0.39, 0.29) is 24.2 Å². The fraction of sp³-hybridized carbons (Fsp3) is 0.259. The first-order valence-corrected chi connectivity index (χ1v) is 10.8. The Hall–Kier alpha value is -3.40. The Morgan fingerprint density at radius 1 is 0.871 bits per heavy atom. The fourth-order valence-corrected chi connectivity index (χ4v) is 3.72. The number of hydrogen-bond donors (Lipinski definition) is 1. The Morgan fingerprint density at radius 2 is 1.58 bits per heavy atom. The zero-order valence-electron chi connectivity index (χ0n) is 17.9. The van der Waals surface area contributed by atoms with Gasteiger partial charge >= 0.3 is 0 Å². The molecular formula is C27H28N2O2. The Balaban J connectivity index is 1.44. The molecule has 1 fully saturated rings. The quantitative estimate of drug-likeness (QED) is 0.578. The molecule has 4 rings (SSSR count). The van der Waals surface area contributed by atoms with Gasteiger partial charge in [-0.2, -0.15) is 0 Å². The zero-order chi connectivity index (χ0) is 21.6. The average Bonchev–Trinajstić information content (AvgIpc) is 3.62. The summed E-state index contributed by atoms with van der Waals surface area (Å²) >= 11 is 0. The van der Waals surface area contributed by atoms with E-state index in [0.29, 0.717) is 13.1 Å². The molecule has 0 aliphatic heterocycles. The Bertz CT molecular complexity index is 1060. The molecule has 0 aromatic heterocycles. The van der Waals surface area contributed by atoms with Crippen LogP contribution in [0, 0.1) is 12.8 Å². The summed E-state index contributed by atoms with van der Waals surface area (Å²) in [6.45, 7) is 3.10. The van der Waals surface area contributed by atoms with E-state index in [9.17, 15) is 9.59 Å². The van der Waals surface area contributed by atoms with Gasteiger partial charge in [0.2, 0.25) is 11.8 Å². The molecule has 0 radical (unpaired) electrons. The lowest BCUT2D eigenvalue weighted by Gasteiger charge is -2.24. The second-order valence-electron chi connectivity index (χ2n) is 8.30. The number of amides is 2. The summed E-state index contributed by atoms with van der Waals surface area (Å²) in [4.78, 5) is 27.3. The van der Waals surface area contributed by atoms with Crippen LogP contribution < -0.4 is 10.2 Å². The number of carbonyl (C=O) groups excluding carboxylic acids is 2. The van der Waals surface area contributed by atoms with E-state index in [1.807, 2.05) is 84.6 Å². The molecule has 0 saturated heterocycles. The van der Waals surface area contributed by atoms with Crippen molar-refractivity contribution < 1.29 is 9.59 Å². The molecule has 1 aliphatic carbocycles. The van der Waals surface area contributed by atoms with Crippen LogP contribution in [0.4, 0.5) is 5.69 Å². The molecule has 3 aromatic carbocycles. The summed E-state index contributed by atoms with van der Waals surface area (Å²) in [5.74, 6) is 0.275. The third-order valence-electron chi connectivity index (χ3n) is 5.54. The number of rotatable bonds is 8. The summed E-state index contributed by atoms with van der Waals surface area (Å²) in [6.07, 6.45) is 2.22. The predicted molar refractivity (Wildman–Crippen MR) is 124 cm³/mol. The SMILES string of the molecule is Cc1cccc(CNC(=O)Cc2cccc(N(Cc3ccccc3)C(=O)C3CC3)c2)c1. The van der Waals surface area contributed by atoms with Crippen LogP contribution in [0.2, 0.25) is 0 Å². The van der Waals surface area contributed by atoms with E-state index in [1.54, 1.807) is 0 Å². The first-order chi connectivity index (χ1) is 15.1. The molecule has 0 spiro atoms. The highest BCUT2D eigenvalue weighted by molar-refractivity contribution is 5.96. The fourth-order valence-electron chi connectivity index (χ4n) is 3.72. The van der Waals surface area contributed by atoms with Crippen LogP contribution in [-0.4, -0.2) is 11.8 Å². The Morgan fingerprint density at radius 3 is 2.32 bits per heavy atom. The van der Waals surface area contributed by atoms with Gasteiger partial charge in [-0.15, -0.1) is 0 Å². The number of carbonyl (C=O) groups is 2. The van der Waals surface area contributed by atoms with Crippen LogP contribution >= 0.6 is 0 Å². The topological polar surface area (TPSA) is 49.4 Å². The molecule has 4 heteroatoms. The van der Waals surface area contributed by atoms with Crippen LogP contribution in [0.1, 0.15) is 35.1 Å².